The second-order valence-electron chi connectivity index (χ2n) is 3.33. The molecule has 0 aliphatic heterocycles. The summed E-state index contributed by atoms with van der Waals surface area (Å²) in [5, 5.41) is 0. The highest BCUT2D eigenvalue weighted by atomic mass is 16.5. The van der Waals surface area contributed by atoms with E-state index >= 15 is 0 Å². The third-order valence-electron chi connectivity index (χ3n) is 1.67. The van der Waals surface area contributed by atoms with Gasteiger partial charge in [-0.1, -0.05) is 17.2 Å². The van der Waals surface area contributed by atoms with Crippen molar-refractivity contribution in [1.29, 1.82) is 0 Å². The average Bonchev–Trinajstić information content (AvgIpc) is 1.98. The van der Waals surface area contributed by atoms with Crippen LogP contribution in [0.15, 0.2) is 23.8 Å². The van der Waals surface area contributed by atoms with E-state index < -0.39 is 0 Å². The molecule has 0 atom stereocenters. The van der Waals surface area contributed by atoms with Crippen molar-refractivity contribution in [2.75, 3.05) is 13.7 Å². The van der Waals surface area contributed by atoms with Crippen LogP contribution in [0.25, 0.3) is 0 Å². The summed E-state index contributed by atoms with van der Waals surface area (Å²) in [7, 11) is 1.73. The molecule has 1 nitrogen and oxygen atoms in total. The van der Waals surface area contributed by atoms with E-state index in [0.29, 0.717) is 0 Å². The van der Waals surface area contributed by atoms with Gasteiger partial charge < -0.3 is 4.74 Å². The molecular weight excluding hydrogens is 148 g/mol. The van der Waals surface area contributed by atoms with Gasteiger partial charge in [-0.2, -0.15) is 0 Å². The number of rotatable bonds is 6. The van der Waals surface area contributed by atoms with E-state index in [1.54, 1.807) is 7.11 Å². The minimum absolute atomic E-state index is 0.757. The Hall–Kier alpha value is -0.560. The normalized spacial score (nSPS) is 11.8. The third-order valence-corrected chi connectivity index (χ3v) is 1.67. The quantitative estimate of drug-likeness (QED) is 0.436. The molecular formula is C11H20O. The Labute approximate surface area is 76.1 Å². The van der Waals surface area contributed by atoms with Gasteiger partial charge in [-0.3, -0.25) is 0 Å². The van der Waals surface area contributed by atoms with Gasteiger partial charge in [-0.05, 0) is 33.1 Å². The van der Waals surface area contributed by atoms with Gasteiger partial charge in [-0.25, -0.2) is 0 Å². The van der Waals surface area contributed by atoms with Crippen LogP contribution < -0.4 is 0 Å². The van der Waals surface area contributed by atoms with Crippen LogP contribution in [0.3, 0.4) is 0 Å². The monoisotopic (exact) mass is 168 g/mol. The maximum Gasteiger partial charge on any atom is 0.0670 e. The zero-order valence-corrected chi connectivity index (χ0v) is 8.52. The SMILES string of the molecule is C=C(C)CCC/C=C(\C)COC. The molecule has 0 aromatic heterocycles. The molecule has 0 saturated heterocycles. The summed E-state index contributed by atoms with van der Waals surface area (Å²) in [5.41, 5.74) is 2.59. The molecule has 0 heterocycles. The number of hydrogen-bond donors (Lipinski definition) is 0. The molecule has 0 amide bonds. The molecule has 0 aromatic rings. The summed E-state index contributed by atoms with van der Waals surface area (Å²) in [6, 6.07) is 0. The van der Waals surface area contributed by atoms with Crippen LogP contribution in [0.4, 0.5) is 0 Å². The lowest BCUT2D eigenvalue weighted by molar-refractivity contribution is 0.225. The first-order chi connectivity index (χ1) is 5.66. The van der Waals surface area contributed by atoms with E-state index in [2.05, 4.69) is 26.5 Å². The number of unbranched alkanes of at least 4 members (excludes halogenated alkanes) is 1. The van der Waals surface area contributed by atoms with Crippen molar-refractivity contribution in [2.24, 2.45) is 0 Å². The standard InChI is InChI=1S/C11H20O/c1-10(2)7-5-6-8-11(3)9-12-4/h8H,1,5-7,9H2,2-4H3/b11-8+. The molecule has 0 N–H and O–H groups in total. The summed E-state index contributed by atoms with van der Waals surface area (Å²) >= 11 is 0. The third kappa shape index (κ3) is 7.55. The summed E-state index contributed by atoms with van der Waals surface area (Å²) < 4.78 is 5.00. The van der Waals surface area contributed by atoms with E-state index in [0.717, 1.165) is 19.4 Å². The summed E-state index contributed by atoms with van der Waals surface area (Å²) in [4.78, 5) is 0. The Bertz CT molecular complexity index is 156. The summed E-state index contributed by atoms with van der Waals surface area (Å²) in [5.74, 6) is 0. The number of methoxy groups -OCH3 is 1. The second-order valence-corrected chi connectivity index (χ2v) is 3.33. The van der Waals surface area contributed by atoms with E-state index in [1.807, 2.05) is 0 Å². The van der Waals surface area contributed by atoms with Crippen molar-refractivity contribution in [3.05, 3.63) is 23.8 Å². The van der Waals surface area contributed by atoms with Crippen molar-refractivity contribution < 1.29 is 4.74 Å². The first-order valence-corrected chi connectivity index (χ1v) is 4.45. The van der Waals surface area contributed by atoms with E-state index in [1.165, 1.54) is 17.6 Å². The predicted octanol–water partition coefficient (Wildman–Crippen LogP) is 3.33. The topological polar surface area (TPSA) is 9.23 Å². The van der Waals surface area contributed by atoms with Crippen LogP contribution in [0.2, 0.25) is 0 Å². The minimum Gasteiger partial charge on any atom is -0.380 e. The molecule has 0 spiro atoms. The largest absolute Gasteiger partial charge is 0.380 e. The number of hydrogen-bond acceptors (Lipinski definition) is 1. The Balaban J connectivity index is 3.39. The summed E-state index contributed by atoms with van der Waals surface area (Å²) in [6.45, 7) is 8.80. The average molecular weight is 168 g/mol. The van der Waals surface area contributed by atoms with Gasteiger partial charge in [0.15, 0.2) is 0 Å². The molecule has 0 saturated carbocycles. The zero-order chi connectivity index (χ0) is 9.40. The Morgan fingerprint density at radius 2 is 2.08 bits per heavy atom. The fourth-order valence-corrected chi connectivity index (χ4v) is 1.04. The van der Waals surface area contributed by atoms with Gasteiger partial charge >= 0.3 is 0 Å². The minimum atomic E-state index is 0.757. The van der Waals surface area contributed by atoms with Gasteiger partial charge in [0, 0.05) is 7.11 Å². The molecule has 0 aromatic carbocycles. The van der Waals surface area contributed by atoms with Crippen molar-refractivity contribution >= 4 is 0 Å². The van der Waals surface area contributed by atoms with Crippen LogP contribution in [0.1, 0.15) is 33.1 Å². The Kier molecular flexibility index (Phi) is 6.78. The van der Waals surface area contributed by atoms with Gasteiger partial charge in [-0.15, -0.1) is 6.58 Å². The van der Waals surface area contributed by atoms with Gasteiger partial charge in [0.25, 0.3) is 0 Å². The molecule has 0 radical (unpaired) electrons. The highest BCUT2D eigenvalue weighted by Crippen LogP contribution is 2.06. The lowest BCUT2D eigenvalue weighted by atomic mass is 10.1. The predicted molar refractivity (Wildman–Crippen MR) is 54.3 cm³/mol. The van der Waals surface area contributed by atoms with Crippen molar-refractivity contribution in [3.8, 4) is 0 Å². The number of allylic oxidation sites excluding steroid dienone is 2. The molecule has 1 heteroatoms. The lowest BCUT2D eigenvalue weighted by Crippen LogP contribution is -1.89. The fourth-order valence-electron chi connectivity index (χ4n) is 1.04. The zero-order valence-electron chi connectivity index (χ0n) is 8.52. The van der Waals surface area contributed by atoms with E-state index in [-0.39, 0.29) is 0 Å². The van der Waals surface area contributed by atoms with Gasteiger partial charge in [0.2, 0.25) is 0 Å². The lowest BCUT2D eigenvalue weighted by Gasteiger charge is -1.99. The first-order valence-electron chi connectivity index (χ1n) is 4.45. The maximum atomic E-state index is 5.00. The van der Waals surface area contributed by atoms with Crippen LogP contribution in [-0.4, -0.2) is 13.7 Å². The van der Waals surface area contributed by atoms with Crippen LogP contribution in [0, 0.1) is 0 Å². The molecule has 0 rings (SSSR count). The molecule has 12 heavy (non-hydrogen) atoms. The van der Waals surface area contributed by atoms with Crippen molar-refractivity contribution in [1.82, 2.24) is 0 Å². The molecule has 0 unspecified atom stereocenters. The Morgan fingerprint density at radius 3 is 2.58 bits per heavy atom. The van der Waals surface area contributed by atoms with Crippen LogP contribution >= 0.6 is 0 Å². The van der Waals surface area contributed by atoms with Crippen LogP contribution in [-0.2, 0) is 4.74 Å². The molecule has 0 aliphatic rings. The van der Waals surface area contributed by atoms with Gasteiger partial charge in [0.1, 0.15) is 0 Å². The van der Waals surface area contributed by atoms with Crippen molar-refractivity contribution in [3.63, 3.8) is 0 Å². The fraction of sp³-hybridized carbons (Fsp3) is 0.636. The highest BCUT2D eigenvalue weighted by molar-refractivity contribution is 4.98. The van der Waals surface area contributed by atoms with Crippen molar-refractivity contribution in [2.45, 2.75) is 33.1 Å². The second kappa shape index (κ2) is 7.11. The smallest absolute Gasteiger partial charge is 0.0670 e. The molecule has 70 valence electrons. The maximum absolute atomic E-state index is 5.00. The molecule has 0 aliphatic carbocycles. The molecule has 0 bridgehead atoms. The Morgan fingerprint density at radius 1 is 1.42 bits per heavy atom. The molecule has 0 fully saturated rings. The van der Waals surface area contributed by atoms with E-state index in [9.17, 15) is 0 Å². The highest BCUT2D eigenvalue weighted by Gasteiger charge is 1.88. The number of ether oxygens (including phenoxy) is 1. The first kappa shape index (κ1) is 11.4. The van der Waals surface area contributed by atoms with Gasteiger partial charge in [0.05, 0.1) is 6.61 Å². The van der Waals surface area contributed by atoms with Crippen LogP contribution in [0.5, 0.6) is 0 Å². The van der Waals surface area contributed by atoms with E-state index in [4.69, 9.17) is 4.74 Å². The summed E-state index contributed by atoms with van der Waals surface area (Å²) in [6.07, 6.45) is 5.72.